The van der Waals surface area contributed by atoms with Gasteiger partial charge < -0.3 is 15.4 Å². The number of nitrogens with zero attached hydrogens (tertiary/aromatic N) is 4. The minimum atomic E-state index is -0.247. The second-order valence-electron chi connectivity index (χ2n) is 6.83. The number of anilines is 1. The summed E-state index contributed by atoms with van der Waals surface area (Å²) in [6, 6.07) is 2.43. The minimum Gasteiger partial charge on any atom is -0.381 e. The van der Waals surface area contributed by atoms with Crippen molar-refractivity contribution >= 4 is 11.9 Å². The van der Waals surface area contributed by atoms with E-state index in [0.717, 1.165) is 50.5 Å². The Balaban J connectivity index is 1.79. The molecule has 0 saturated carbocycles. The first-order chi connectivity index (χ1) is 11.5. The van der Waals surface area contributed by atoms with Crippen LogP contribution in [-0.4, -0.2) is 66.2 Å². The van der Waals surface area contributed by atoms with Crippen molar-refractivity contribution in [2.24, 2.45) is 11.7 Å². The van der Waals surface area contributed by atoms with E-state index in [1.165, 1.54) is 0 Å². The van der Waals surface area contributed by atoms with Crippen LogP contribution < -0.4 is 10.6 Å². The van der Waals surface area contributed by atoms with Gasteiger partial charge in [-0.1, -0.05) is 0 Å². The molecule has 24 heavy (non-hydrogen) atoms. The van der Waals surface area contributed by atoms with Crippen LogP contribution in [0.5, 0.6) is 0 Å². The lowest BCUT2D eigenvalue weighted by Gasteiger charge is -2.34. The summed E-state index contributed by atoms with van der Waals surface area (Å²) >= 11 is 0. The first-order valence-corrected chi connectivity index (χ1v) is 8.71. The number of ether oxygens (including phenoxy) is 1. The normalized spacial score (nSPS) is 23.9. The molecule has 1 amide bonds. The Morgan fingerprint density at radius 2 is 1.83 bits per heavy atom. The molecule has 0 unspecified atom stereocenters. The average molecular weight is 333 g/mol. The van der Waals surface area contributed by atoms with E-state index in [2.05, 4.69) is 19.8 Å². The third-order valence-corrected chi connectivity index (χ3v) is 4.92. The van der Waals surface area contributed by atoms with Crippen molar-refractivity contribution in [3.8, 4) is 0 Å². The zero-order valence-corrected chi connectivity index (χ0v) is 14.6. The molecule has 1 aromatic heterocycles. The Bertz CT molecular complexity index is 568. The van der Waals surface area contributed by atoms with Gasteiger partial charge in [0.2, 0.25) is 11.9 Å². The van der Waals surface area contributed by atoms with Crippen LogP contribution in [0.25, 0.3) is 0 Å². The van der Waals surface area contributed by atoms with E-state index < -0.39 is 0 Å². The summed E-state index contributed by atoms with van der Waals surface area (Å²) in [4.78, 5) is 25.6. The van der Waals surface area contributed by atoms with Crippen molar-refractivity contribution < 1.29 is 9.53 Å². The lowest BCUT2D eigenvalue weighted by Crippen LogP contribution is -2.44. The number of aryl methyl sites for hydroxylation is 2. The van der Waals surface area contributed by atoms with Crippen LogP contribution in [0, 0.1) is 19.8 Å². The van der Waals surface area contributed by atoms with Crippen molar-refractivity contribution in [1.82, 2.24) is 14.9 Å². The molecule has 7 heteroatoms. The average Bonchev–Trinajstić information content (AvgIpc) is 2.78. The molecular formula is C17H27N5O2. The Morgan fingerprint density at radius 3 is 2.46 bits per heavy atom. The monoisotopic (exact) mass is 333 g/mol. The van der Waals surface area contributed by atoms with Crippen LogP contribution >= 0.6 is 0 Å². The standard InChI is InChI=1S/C17H27N5O2/c1-12-9-13(2)20-17(19-12)22-6-5-21(10-14(11-22)16(18)23)15-3-7-24-8-4-15/h9,14-15H,3-8,10-11H2,1-2H3,(H2,18,23)/t14-/m1/s1. The maximum Gasteiger partial charge on any atom is 0.225 e. The van der Waals surface area contributed by atoms with Crippen LogP contribution in [0.2, 0.25) is 0 Å². The molecular weight excluding hydrogens is 306 g/mol. The number of hydrogen-bond acceptors (Lipinski definition) is 6. The molecule has 0 bridgehead atoms. The molecule has 2 aliphatic heterocycles. The molecule has 0 aliphatic carbocycles. The van der Waals surface area contributed by atoms with E-state index in [-0.39, 0.29) is 11.8 Å². The summed E-state index contributed by atoms with van der Waals surface area (Å²) in [5, 5.41) is 0. The molecule has 132 valence electrons. The molecule has 3 heterocycles. The molecule has 0 radical (unpaired) electrons. The highest BCUT2D eigenvalue weighted by atomic mass is 16.5. The fourth-order valence-corrected chi connectivity index (χ4v) is 3.63. The molecule has 2 fully saturated rings. The number of amides is 1. The molecule has 1 atom stereocenters. The van der Waals surface area contributed by atoms with Crippen LogP contribution in [0.15, 0.2) is 6.07 Å². The maximum absolute atomic E-state index is 11.9. The number of nitrogens with two attached hydrogens (primary N) is 1. The van der Waals surface area contributed by atoms with Gasteiger partial charge >= 0.3 is 0 Å². The third-order valence-electron chi connectivity index (χ3n) is 4.92. The van der Waals surface area contributed by atoms with Crippen molar-refractivity contribution in [3.05, 3.63) is 17.5 Å². The fourth-order valence-electron chi connectivity index (χ4n) is 3.63. The molecule has 1 aromatic rings. The highest BCUT2D eigenvalue weighted by Crippen LogP contribution is 2.21. The number of hydrogen-bond donors (Lipinski definition) is 1. The van der Waals surface area contributed by atoms with E-state index in [9.17, 15) is 4.79 Å². The van der Waals surface area contributed by atoms with Gasteiger partial charge in [0.15, 0.2) is 0 Å². The van der Waals surface area contributed by atoms with E-state index in [4.69, 9.17) is 10.5 Å². The highest BCUT2D eigenvalue weighted by Gasteiger charge is 2.31. The van der Waals surface area contributed by atoms with Gasteiger partial charge in [-0.3, -0.25) is 9.69 Å². The lowest BCUT2D eigenvalue weighted by molar-refractivity contribution is -0.122. The number of primary amides is 1. The Kier molecular flexibility index (Phi) is 5.30. The quantitative estimate of drug-likeness (QED) is 0.867. The Morgan fingerprint density at radius 1 is 1.17 bits per heavy atom. The van der Waals surface area contributed by atoms with Gasteiger partial charge in [-0.25, -0.2) is 9.97 Å². The van der Waals surface area contributed by atoms with E-state index >= 15 is 0 Å². The van der Waals surface area contributed by atoms with Crippen molar-refractivity contribution in [3.63, 3.8) is 0 Å². The molecule has 3 rings (SSSR count). The summed E-state index contributed by atoms with van der Waals surface area (Å²) < 4.78 is 5.46. The van der Waals surface area contributed by atoms with Crippen LogP contribution in [0.4, 0.5) is 5.95 Å². The van der Waals surface area contributed by atoms with Gasteiger partial charge in [0.1, 0.15) is 0 Å². The molecule has 2 aliphatic rings. The Labute approximate surface area is 143 Å². The topological polar surface area (TPSA) is 84.6 Å². The SMILES string of the molecule is Cc1cc(C)nc(N2CCN(C3CCOCC3)C[C@@H](C(N)=O)C2)n1. The molecule has 2 N–H and O–H groups in total. The predicted molar refractivity (Wildman–Crippen MR) is 91.8 cm³/mol. The summed E-state index contributed by atoms with van der Waals surface area (Å²) in [5.74, 6) is 0.246. The largest absolute Gasteiger partial charge is 0.381 e. The predicted octanol–water partition coefficient (Wildman–Crippen LogP) is 0.496. The molecule has 2 saturated heterocycles. The molecule has 7 nitrogen and oxygen atoms in total. The first-order valence-electron chi connectivity index (χ1n) is 8.71. The van der Waals surface area contributed by atoms with Crippen LogP contribution in [0.1, 0.15) is 24.2 Å². The summed E-state index contributed by atoms with van der Waals surface area (Å²) in [6.07, 6.45) is 2.04. The third kappa shape index (κ3) is 4.02. The number of carbonyl (C=O) groups excluding carboxylic acids is 1. The Hall–Kier alpha value is -1.73. The van der Waals surface area contributed by atoms with E-state index in [1.54, 1.807) is 0 Å². The maximum atomic E-state index is 11.9. The van der Waals surface area contributed by atoms with Crippen LogP contribution in [-0.2, 0) is 9.53 Å². The van der Waals surface area contributed by atoms with Gasteiger partial charge in [-0.05, 0) is 32.8 Å². The lowest BCUT2D eigenvalue weighted by atomic mass is 10.0. The zero-order chi connectivity index (χ0) is 17.1. The van der Waals surface area contributed by atoms with Gasteiger partial charge in [0.05, 0.1) is 5.92 Å². The highest BCUT2D eigenvalue weighted by molar-refractivity contribution is 5.77. The van der Waals surface area contributed by atoms with Gasteiger partial charge in [0.25, 0.3) is 0 Å². The summed E-state index contributed by atoms with van der Waals surface area (Å²) in [7, 11) is 0. The second kappa shape index (κ2) is 7.44. The first kappa shape index (κ1) is 17.1. The zero-order valence-electron chi connectivity index (χ0n) is 14.6. The second-order valence-corrected chi connectivity index (χ2v) is 6.83. The summed E-state index contributed by atoms with van der Waals surface area (Å²) in [6.45, 7) is 8.53. The number of aromatic nitrogens is 2. The van der Waals surface area contributed by atoms with Crippen LogP contribution in [0.3, 0.4) is 0 Å². The summed E-state index contributed by atoms with van der Waals surface area (Å²) in [5.41, 5.74) is 7.56. The smallest absolute Gasteiger partial charge is 0.225 e. The van der Waals surface area contributed by atoms with Gasteiger partial charge in [0, 0.05) is 56.8 Å². The van der Waals surface area contributed by atoms with E-state index in [0.29, 0.717) is 25.1 Å². The minimum absolute atomic E-state index is 0.209. The molecule has 0 aromatic carbocycles. The number of rotatable bonds is 3. The van der Waals surface area contributed by atoms with Gasteiger partial charge in [-0.15, -0.1) is 0 Å². The van der Waals surface area contributed by atoms with Gasteiger partial charge in [-0.2, -0.15) is 0 Å². The van der Waals surface area contributed by atoms with Crippen molar-refractivity contribution in [2.75, 3.05) is 44.3 Å². The number of carbonyl (C=O) groups is 1. The van der Waals surface area contributed by atoms with E-state index in [1.807, 2.05) is 19.9 Å². The fraction of sp³-hybridized carbons (Fsp3) is 0.706. The molecule has 0 spiro atoms. The van der Waals surface area contributed by atoms with Crippen molar-refractivity contribution in [1.29, 1.82) is 0 Å². The van der Waals surface area contributed by atoms with Crippen molar-refractivity contribution in [2.45, 2.75) is 32.7 Å².